The summed E-state index contributed by atoms with van der Waals surface area (Å²) >= 11 is 0. The van der Waals surface area contributed by atoms with E-state index >= 15 is 0 Å². The summed E-state index contributed by atoms with van der Waals surface area (Å²) in [5, 5.41) is 3.62. The SMILES string of the molecule is CCC(CC)c1ccnc(-c2[c-]ccc3c2oc2c(-c4ccccc4)cccc23)c1.C[Si](C)(C)c1ccc(-c2[c-]cccc2)nc1.[Ir]. The van der Waals surface area contributed by atoms with Gasteiger partial charge < -0.3 is 14.4 Å². The summed E-state index contributed by atoms with van der Waals surface area (Å²) in [5.41, 5.74) is 9.26. The van der Waals surface area contributed by atoms with Gasteiger partial charge in [0.15, 0.2) is 0 Å². The van der Waals surface area contributed by atoms with Gasteiger partial charge in [-0.25, -0.2) is 0 Å². The van der Waals surface area contributed by atoms with E-state index in [1.165, 1.54) is 10.8 Å². The van der Waals surface area contributed by atoms with E-state index in [4.69, 9.17) is 4.42 Å². The molecule has 0 N–H and O–H groups in total. The molecule has 0 aliphatic heterocycles. The van der Waals surface area contributed by atoms with Gasteiger partial charge in [-0.1, -0.05) is 117 Å². The number of pyridine rings is 2. The largest absolute Gasteiger partial charge is 0.500 e. The molecule has 3 nitrogen and oxygen atoms in total. The van der Waals surface area contributed by atoms with E-state index < -0.39 is 8.07 Å². The van der Waals surface area contributed by atoms with Crippen LogP contribution in [0.4, 0.5) is 0 Å². The maximum atomic E-state index is 6.51. The Morgan fingerprint density at radius 3 is 2.15 bits per heavy atom. The number of hydrogen-bond donors (Lipinski definition) is 0. The van der Waals surface area contributed by atoms with Crippen molar-refractivity contribution in [1.29, 1.82) is 0 Å². The van der Waals surface area contributed by atoms with Crippen LogP contribution in [0.1, 0.15) is 38.2 Å². The predicted molar refractivity (Wildman–Crippen MR) is 196 cm³/mol. The minimum Gasteiger partial charge on any atom is -0.500 e. The third-order valence-electron chi connectivity index (χ3n) is 8.66. The Balaban J connectivity index is 0.000000217. The molecule has 3 heterocycles. The van der Waals surface area contributed by atoms with Gasteiger partial charge in [0.1, 0.15) is 5.58 Å². The number of benzene rings is 4. The van der Waals surface area contributed by atoms with Crippen LogP contribution in [0.5, 0.6) is 0 Å². The second-order valence-electron chi connectivity index (χ2n) is 12.7. The predicted octanol–water partition coefficient (Wildman–Crippen LogP) is 11.1. The van der Waals surface area contributed by atoms with Crippen LogP contribution in [0.2, 0.25) is 19.6 Å². The number of hydrogen-bond acceptors (Lipinski definition) is 3. The summed E-state index contributed by atoms with van der Waals surface area (Å²) in [6.45, 7) is 11.5. The Morgan fingerprint density at radius 1 is 0.702 bits per heavy atom. The van der Waals surface area contributed by atoms with Gasteiger partial charge in [-0.15, -0.1) is 54.1 Å². The summed E-state index contributed by atoms with van der Waals surface area (Å²) in [4.78, 5) is 9.19. The second kappa shape index (κ2) is 15.2. The molecule has 0 unspecified atom stereocenters. The molecule has 0 aliphatic rings. The molecule has 7 rings (SSSR count). The Bertz CT molecular complexity index is 2050. The molecule has 239 valence electrons. The standard InChI is InChI=1S/C28H24NO.C14H16NSi.Ir/c1-3-19(4-2)21-16-17-29-26(18-21)25-15-9-14-24-23-13-8-12-22(27(23)30-28(24)25)20-10-6-5-7-11-20;1-16(2,3)13-9-10-14(15-11-13)12-7-5-4-6-8-12;/h5-14,16-19H,3-4H2,1-2H3;4-7,9-11H,1-3H3;/q2*-1;. The smallest absolute Gasteiger partial charge is 0.128 e. The molecule has 0 aliphatic carbocycles. The van der Waals surface area contributed by atoms with Gasteiger partial charge >= 0.3 is 0 Å². The Hall–Kier alpha value is -4.15. The summed E-state index contributed by atoms with van der Waals surface area (Å²) in [5.74, 6) is 0.548. The average Bonchev–Trinajstić information content (AvgIpc) is 3.49. The fraction of sp³-hybridized carbons (Fsp3) is 0.190. The maximum Gasteiger partial charge on any atom is 0.128 e. The molecule has 3 aromatic heterocycles. The third kappa shape index (κ3) is 7.54. The van der Waals surface area contributed by atoms with Crippen LogP contribution in [-0.4, -0.2) is 18.0 Å². The molecule has 4 aromatic carbocycles. The molecule has 47 heavy (non-hydrogen) atoms. The zero-order chi connectivity index (χ0) is 32.1. The zero-order valence-electron chi connectivity index (χ0n) is 27.7. The van der Waals surface area contributed by atoms with Crippen LogP contribution in [0.3, 0.4) is 0 Å². The molecule has 5 heteroatoms. The number of furan rings is 1. The van der Waals surface area contributed by atoms with Crippen molar-refractivity contribution in [2.45, 2.75) is 52.2 Å². The van der Waals surface area contributed by atoms with E-state index in [1.807, 2.05) is 48.8 Å². The van der Waals surface area contributed by atoms with E-state index in [2.05, 4.69) is 128 Å². The van der Waals surface area contributed by atoms with Crippen molar-refractivity contribution >= 4 is 35.2 Å². The van der Waals surface area contributed by atoms with Gasteiger partial charge in [0.05, 0.1) is 13.7 Å². The summed E-state index contributed by atoms with van der Waals surface area (Å²) in [6.07, 6.45) is 6.17. The van der Waals surface area contributed by atoms with Crippen LogP contribution in [0.15, 0.2) is 126 Å². The van der Waals surface area contributed by atoms with Crippen LogP contribution in [0, 0.1) is 12.1 Å². The zero-order valence-corrected chi connectivity index (χ0v) is 31.1. The Morgan fingerprint density at radius 2 is 1.47 bits per heavy atom. The van der Waals surface area contributed by atoms with E-state index in [9.17, 15) is 0 Å². The van der Waals surface area contributed by atoms with Crippen LogP contribution < -0.4 is 5.19 Å². The Kier molecular flexibility index (Phi) is 11.0. The van der Waals surface area contributed by atoms with Gasteiger partial charge in [-0.3, -0.25) is 0 Å². The second-order valence-corrected chi connectivity index (χ2v) is 17.8. The molecule has 0 saturated carbocycles. The normalized spacial score (nSPS) is 11.3. The first-order valence-corrected chi connectivity index (χ1v) is 19.7. The number of rotatable bonds is 7. The minimum atomic E-state index is -1.23. The van der Waals surface area contributed by atoms with Crippen molar-refractivity contribution in [3.8, 4) is 33.6 Å². The van der Waals surface area contributed by atoms with Crippen molar-refractivity contribution in [2.75, 3.05) is 0 Å². The van der Waals surface area contributed by atoms with Gasteiger partial charge in [-0.2, -0.15) is 0 Å². The fourth-order valence-corrected chi connectivity index (χ4v) is 6.98. The first-order valence-electron chi connectivity index (χ1n) is 16.2. The van der Waals surface area contributed by atoms with E-state index in [1.54, 1.807) is 0 Å². The van der Waals surface area contributed by atoms with E-state index in [0.29, 0.717) is 5.92 Å². The fourth-order valence-electron chi connectivity index (χ4n) is 5.95. The molecule has 7 aromatic rings. The molecule has 0 fully saturated rings. The van der Waals surface area contributed by atoms with Crippen LogP contribution in [0.25, 0.3) is 55.6 Å². The van der Waals surface area contributed by atoms with E-state index in [-0.39, 0.29) is 20.1 Å². The molecule has 0 spiro atoms. The van der Waals surface area contributed by atoms with Gasteiger partial charge in [0, 0.05) is 43.4 Å². The molecular formula is C42H40IrN2OSi-2. The van der Waals surface area contributed by atoms with Gasteiger partial charge in [0.25, 0.3) is 0 Å². The molecular weight excluding hydrogens is 769 g/mol. The number of aromatic nitrogens is 2. The molecule has 0 atom stereocenters. The summed E-state index contributed by atoms with van der Waals surface area (Å²) in [7, 11) is -1.23. The van der Waals surface area contributed by atoms with Crippen molar-refractivity contribution in [2.24, 2.45) is 0 Å². The molecule has 0 bridgehead atoms. The van der Waals surface area contributed by atoms with Crippen LogP contribution >= 0.6 is 0 Å². The van der Waals surface area contributed by atoms with Gasteiger partial charge in [0.2, 0.25) is 0 Å². The van der Waals surface area contributed by atoms with Crippen molar-refractivity contribution in [3.63, 3.8) is 0 Å². The maximum absolute atomic E-state index is 6.51. The Labute approximate surface area is 293 Å². The summed E-state index contributed by atoms with van der Waals surface area (Å²) in [6, 6.07) is 44.0. The number of nitrogens with zero attached hydrogens (tertiary/aromatic N) is 2. The van der Waals surface area contributed by atoms with Crippen molar-refractivity contribution < 1.29 is 24.5 Å². The topological polar surface area (TPSA) is 38.9 Å². The van der Waals surface area contributed by atoms with Gasteiger partial charge in [-0.05, 0) is 47.0 Å². The monoisotopic (exact) mass is 809 g/mol. The van der Waals surface area contributed by atoms with E-state index in [0.717, 1.165) is 68.4 Å². The molecule has 1 radical (unpaired) electrons. The third-order valence-corrected chi connectivity index (χ3v) is 10.7. The first-order chi connectivity index (χ1) is 22.4. The van der Waals surface area contributed by atoms with Crippen molar-refractivity contribution in [3.05, 3.63) is 139 Å². The quantitative estimate of drug-likeness (QED) is 0.119. The minimum absolute atomic E-state index is 0. The number of para-hydroxylation sites is 1. The number of fused-ring (bicyclic) bond motifs is 3. The first kappa shape index (κ1) is 34.2. The molecule has 0 amide bonds. The van der Waals surface area contributed by atoms with Crippen LogP contribution in [-0.2, 0) is 20.1 Å². The van der Waals surface area contributed by atoms with Crippen molar-refractivity contribution in [1.82, 2.24) is 9.97 Å². The molecule has 0 saturated heterocycles. The summed E-state index contributed by atoms with van der Waals surface area (Å²) < 4.78 is 6.51. The average molecular weight is 809 g/mol.